The van der Waals surface area contributed by atoms with Gasteiger partial charge in [0.2, 0.25) is 0 Å². The summed E-state index contributed by atoms with van der Waals surface area (Å²) < 4.78 is 5.65. The van der Waals surface area contributed by atoms with Crippen LogP contribution in [0.2, 0.25) is 0 Å². The molecule has 0 saturated carbocycles. The van der Waals surface area contributed by atoms with Crippen LogP contribution in [-0.2, 0) is 9.53 Å². The first-order valence-corrected chi connectivity index (χ1v) is 9.98. The number of carboxylic acid groups (broad SMARTS) is 1. The van der Waals surface area contributed by atoms with E-state index in [0.717, 1.165) is 0 Å². The first-order valence-electron chi connectivity index (χ1n) is 9.45. The van der Waals surface area contributed by atoms with Crippen molar-refractivity contribution in [1.82, 2.24) is 4.90 Å². The fourth-order valence-corrected chi connectivity index (χ4v) is 4.59. The summed E-state index contributed by atoms with van der Waals surface area (Å²) in [6.07, 6.45) is 0.293. The second kappa shape index (κ2) is 7.47. The summed E-state index contributed by atoms with van der Waals surface area (Å²) in [5.74, 6) is -0.822. The summed E-state index contributed by atoms with van der Waals surface area (Å²) in [7, 11) is 0. The van der Waals surface area contributed by atoms with E-state index in [9.17, 15) is 14.7 Å². The van der Waals surface area contributed by atoms with Crippen LogP contribution in [0, 0.1) is 5.41 Å². The monoisotopic (exact) mass is 399 g/mol. The van der Waals surface area contributed by atoms with Gasteiger partial charge in [-0.05, 0) is 35.1 Å². The smallest absolute Gasteiger partial charge is 0.409 e. The standard InChI is InChI=1S/C22H22ClNO4/c23-14-22(20(25)26)9-11-24(12-10-22)21(27)28-13-19-17-7-3-1-5-15(17)16-6-2-4-8-18(16)19/h1-8,19H,9-14H2,(H,25,26). The predicted octanol–water partition coefficient (Wildman–Crippen LogP) is 4.34. The molecule has 0 aromatic heterocycles. The van der Waals surface area contributed by atoms with E-state index in [1.807, 2.05) is 24.3 Å². The summed E-state index contributed by atoms with van der Waals surface area (Å²) >= 11 is 5.89. The van der Waals surface area contributed by atoms with Crippen LogP contribution in [0.4, 0.5) is 4.79 Å². The van der Waals surface area contributed by atoms with Crippen LogP contribution in [0.15, 0.2) is 48.5 Å². The molecule has 1 N–H and O–H groups in total. The normalized spacial score (nSPS) is 17.7. The van der Waals surface area contributed by atoms with Crippen molar-refractivity contribution in [2.45, 2.75) is 18.8 Å². The number of hydrogen-bond donors (Lipinski definition) is 1. The first kappa shape index (κ1) is 18.8. The van der Waals surface area contributed by atoms with Gasteiger partial charge in [-0.2, -0.15) is 0 Å². The Labute approximate surface area is 168 Å². The van der Waals surface area contributed by atoms with E-state index in [1.54, 1.807) is 4.90 Å². The molecule has 1 aliphatic heterocycles. The Morgan fingerprint density at radius 2 is 1.57 bits per heavy atom. The topological polar surface area (TPSA) is 66.8 Å². The number of piperidine rings is 1. The third-order valence-corrected chi connectivity index (χ3v) is 6.54. The Balaban J connectivity index is 1.43. The molecule has 1 heterocycles. The molecule has 2 aliphatic rings. The van der Waals surface area contributed by atoms with Gasteiger partial charge in [0.25, 0.3) is 0 Å². The van der Waals surface area contributed by atoms with Crippen molar-refractivity contribution in [1.29, 1.82) is 0 Å². The number of hydrogen-bond acceptors (Lipinski definition) is 3. The number of carbonyl (C=O) groups excluding carboxylic acids is 1. The average Bonchev–Trinajstić information content (AvgIpc) is 3.06. The van der Waals surface area contributed by atoms with Crippen LogP contribution in [0.5, 0.6) is 0 Å². The second-order valence-electron chi connectivity index (χ2n) is 7.51. The van der Waals surface area contributed by atoms with Crippen molar-refractivity contribution in [3.63, 3.8) is 0 Å². The second-order valence-corrected chi connectivity index (χ2v) is 7.78. The molecule has 5 nitrogen and oxygen atoms in total. The van der Waals surface area contributed by atoms with E-state index in [1.165, 1.54) is 22.3 Å². The summed E-state index contributed by atoms with van der Waals surface area (Å²) in [6, 6.07) is 16.4. The highest BCUT2D eigenvalue weighted by Gasteiger charge is 2.42. The number of alkyl halides is 1. The maximum Gasteiger partial charge on any atom is 0.409 e. The van der Waals surface area contributed by atoms with E-state index in [-0.39, 0.29) is 18.4 Å². The minimum absolute atomic E-state index is 0.0158. The highest BCUT2D eigenvalue weighted by atomic mass is 35.5. The van der Waals surface area contributed by atoms with Gasteiger partial charge >= 0.3 is 12.1 Å². The number of nitrogens with zero attached hydrogens (tertiary/aromatic N) is 1. The summed E-state index contributed by atoms with van der Waals surface area (Å²) in [4.78, 5) is 25.7. The Morgan fingerprint density at radius 3 is 2.07 bits per heavy atom. The lowest BCUT2D eigenvalue weighted by molar-refractivity contribution is -0.150. The van der Waals surface area contributed by atoms with E-state index >= 15 is 0 Å². The van der Waals surface area contributed by atoms with Gasteiger partial charge in [-0.15, -0.1) is 11.6 Å². The molecule has 0 spiro atoms. The minimum atomic E-state index is -0.943. The number of rotatable bonds is 4. The lowest BCUT2D eigenvalue weighted by Gasteiger charge is -2.37. The van der Waals surface area contributed by atoms with Gasteiger partial charge in [-0.3, -0.25) is 4.79 Å². The van der Waals surface area contributed by atoms with Crippen LogP contribution in [0.1, 0.15) is 29.9 Å². The minimum Gasteiger partial charge on any atom is -0.481 e. The van der Waals surface area contributed by atoms with E-state index in [4.69, 9.17) is 16.3 Å². The van der Waals surface area contributed by atoms with Crippen molar-refractivity contribution in [2.24, 2.45) is 5.41 Å². The summed E-state index contributed by atoms with van der Waals surface area (Å²) in [5, 5.41) is 9.43. The van der Waals surface area contributed by atoms with Gasteiger partial charge in [-0.25, -0.2) is 4.79 Å². The third kappa shape index (κ3) is 3.14. The Bertz CT molecular complexity index is 859. The zero-order chi connectivity index (χ0) is 19.7. The number of benzene rings is 2. The summed E-state index contributed by atoms with van der Waals surface area (Å²) in [6.45, 7) is 0.953. The number of carboxylic acids is 1. The first-order chi connectivity index (χ1) is 13.6. The largest absolute Gasteiger partial charge is 0.481 e. The lowest BCUT2D eigenvalue weighted by atomic mass is 9.80. The summed E-state index contributed by atoms with van der Waals surface area (Å²) in [5.41, 5.74) is 3.77. The van der Waals surface area contributed by atoms with Crippen LogP contribution in [0.25, 0.3) is 11.1 Å². The third-order valence-electron chi connectivity index (χ3n) is 6.02. The molecule has 0 bridgehead atoms. The fraction of sp³-hybridized carbons (Fsp3) is 0.364. The molecule has 28 heavy (non-hydrogen) atoms. The molecule has 0 atom stereocenters. The van der Waals surface area contributed by atoms with Crippen molar-refractivity contribution in [3.05, 3.63) is 59.7 Å². The van der Waals surface area contributed by atoms with Crippen LogP contribution >= 0.6 is 11.6 Å². The number of fused-ring (bicyclic) bond motifs is 3. The van der Waals surface area contributed by atoms with Gasteiger partial charge in [0, 0.05) is 24.9 Å². The van der Waals surface area contributed by atoms with Gasteiger partial charge in [0.1, 0.15) is 6.61 Å². The highest BCUT2D eigenvalue weighted by Crippen LogP contribution is 2.44. The quantitative estimate of drug-likeness (QED) is 0.776. The number of likely N-dealkylation sites (tertiary alicyclic amines) is 1. The lowest BCUT2D eigenvalue weighted by Crippen LogP contribution is -2.47. The number of halogens is 1. The molecule has 1 aliphatic carbocycles. The molecule has 1 fully saturated rings. The van der Waals surface area contributed by atoms with Crippen molar-refractivity contribution >= 4 is 23.7 Å². The van der Waals surface area contributed by atoms with Crippen LogP contribution in [-0.4, -0.2) is 47.6 Å². The van der Waals surface area contributed by atoms with Crippen LogP contribution < -0.4 is 0 Å². The van der Waals surface area contributed by atoms with E-state index < -0.39 is 17.5 Å². The molecule has 0 unspecified atom stereocenters. The average molecular weight is 400 g/mol. The number of ether oxygens (including phenoxy) is 1. The molecule has 1 saturated heterocycles. The van der Waals surface area contributed by atoms with Crippen molar-refractivity contribution in [3.8, 4) is 11.1 Å². The molecule has 4 rings (SSSR count). The molecule has 2 aromatic rings. The van der Waals surface area contributed by atoms with Crippen LogP contribution in [0.3, 0.4) is 0 Å². The van der Waals surface area contributed by atoms with E-state index in [2.05, 4.69) is 24.3 Å². The Hall–Kier alpha value is -2.53. The van der Waals surface area contributed by atoms with Crippen molar-refractivity contribution in [2.75, 3.05) is 25.6 Å². The van der Waals surface area contributed by atoms with Gasteiger partial charge in [-0.1, -0.05) is 48.5 Å². The molecular formula is C22H22ClNO4. The zero-order valence-electron chi connectivity index (χ0n) is 15.4. The maximum absolute atomic E-state index is 12.6. The molecule has 2 aromatic carbocycles. The number of aliphatic carboxylic acids is 1. The maximum atomic E-state index is 12.6. The molecular weight excluding hydrogens is 378 g/mol. The Morgan fingerprint density at radius 1 is 1.04 bits per heavy atom. The molecule has 146 valence electrons. The van der Waals surface area contributed by atoms with Gasteiger partial charge in [0.15, 0.2) is 0 Å². The number of carbonyl (C=O) groups is 2. The Kier molecular flexibility index (Phi) is 5.02. The fourth-order valence-electron chi connectivity index (χ4n) is 4.21. The molecule has 1 amide bonds. The highest BCUT2D eigenvalue weighted by molar-refractivity contribution is 6.19. The molecule has 6 heteroatoms. The SMILES string of the molecule is O=C(OCC1c2ccccc2-c2ccccc21)N1CCC(CCl)(C(=O)O)CC1. The van der Waals surface area contributed by atoms with Gasteiger partial charge < -0.3 is 14.7 Å². The number of amides is 1. The zero-order valence-corrected chi connectivity index (χ0v) is 16.2. The van der Waals surface area contributed by atoms with Gasteiger partial charge in [0.05, 0.1) is 5.41 Å². The molecule has 0 radical (unpaired) electrons. The van der Waals surface area contributed by atoms with E-state index in [0.29, 0.717) is 25.9 Å². The predicted molar refractivity (Wildman–Crippen MR) is 107 cm³/mol. The van der Waals surface area contributed by atoms with Crippen molar-refractivity contribution < 1.29 is 19.4 Å².